The van der Waals surface area contributed by atoms with Crippen LogP contribution in [0.2, 0.25) is 0 Å². The van der Waals surface area contributed by atoms with Gasteiger partial charge < -0.3 is 9.30 Å². The fourth-order valence-electron chi connectivity index (χ4n) is 2.32. The standard InChI is InChI=1S/C16H23NO2/c1-7-14-12(3)15(17(5)13(14)4)9-8-11(2)10-16(18)19-6/h8-10H,7H2,1-6H3/b9-8+,11-10+. The highest BCUT2D eigenvalue weighted by molar-refractivity contribution is 5.83. The molecule has 0 bridgehead atoms. The van der Waals surface area contributed by atoms with Gasteiger partial charge in [0.2, 0.25) is 0 Å². The van der Waals surface area contributed by atoms with Crippen LogP contribution in [-0.2, 0) is 23.0 Å². The summed E-state index contributed by atoms with van der Waals surface area (Å²) >= 11 is 0. The van der Waals surface area contributed by atoms with Gasteiger partial charge in [-0.25, -0.2) is 4.79 Å². The molecule has 3 heteroatoms. The summed E-state index contributed by atoms with van der Waals surface area (Å²) in [5.74, 6) is -0.323. The molecule has 0 saturated heterocycles. The van der Waals surface area contributed by atoms with E-state index >= 15 is 0 Å². The van der Waals surface area contributed by atoms with Crippen molar-refractivity contribution in [3.8, 4) is 0 Å². The number of methoxy groups -OCH3 is 1. The Morgan fingerprint density at radius 3 is 2.47 bits per heavy atom. The molecule has 104 valence electrons. The van der Waals surface area contributed by atoms with E-state index in [1.54, 1.807) is 0 Å². The molecule has 1 aromatic rings. The van der Waals surface area contributed by atoms with Crippen LogP contribution in [0, 0.1) is 13.8 Å². The second-order valence-electron chi connectivity index (χ2n) is 4.73. The fraction of sp³-hybridized carbons (Fsp3) is 0.438. The van der Waals surface area contributed by atoms with Gasteiger partial charge in [0.25, 0.3) is 0 Å². The Morgan fingerprint density at radius 2 is 2.00 bits per heavy atom. The molecule has 0 amide bonds. The van der Waals surface area contributed by atoms with Crippen molar-refractivity contribution >= 4 is 12.0 Å². The SMILES string of the molecule is CCc1c(C)c(/C=C/C(C)=C/C(=O)OC)n(C)c1C. The third-order valence-electron chi connectivity index (χ3n) is 3.54. The van der Waals surface area contributed by atoms with Gasteiger partial charge in [-0.3, -0.25) is 0 Å². The van der Waals surface area contributed by atoms with Crippen LogP contribution in [-0.4, -0.2) is 17.6 Å². The van der Waals surface area contributed by atoms with E-state index in [0.29, 0.717) is 0 Å². The summed E-state index contributed by atoms with van der Waals surface area (Å²) in [6.07, 6.45) is 6.52. The lowest BCUT2D eigenvalue weighted by molar-refractivity contribution is -0.134. The van der Waals surface area contributed by atoms with Gasteiger partial charge in [0.15, 0.2) is 0 Å². The van der Waals surface area contributed by atoms with E-state index in [-0.39, 0.29) is 5.97 Å². The molecule has 1 rings (SSSR count). The Kier molecular flexibility index (Phi) is 5.16. The second kappa shape index (κ2) is 6.41. The number of aromatic nitrogens is 1. The molecule has 0 aromatic carbocycles. The number of carbonyl (C=O) groups excluding carboxylic acids is 1. The largest absolute Gasteiger partial charge is 0.466 e. The first-order valence-corrected chi connectivity index (χ1v) is 6.51. The van der Waals surface area contributed by atoms with E-state index in [2.05, 4.69) is 43.2 Å². The summed E-state index contributed by atoms with van der Waals surface area (Å²) in [6, 6.07) is 0. The fourth-order valence-corrected chi connectivity index (χ4v) is 2.32. The molecule has 1 aromatic heterocycles. The number of rotatable bonds is 4. The van der Waals surface area contributed by atoms with Gasteiger partial charge in [-0.15, -0.1) is 0 Å². The topological polar surface area (TPSA) is 31.2 Å². The maximum absolute atomic E-state index is 11.1. The number of allylic oxidation sites excluding steroid dienone is 2. The average molecular weight is 261 g/mol. The van der Waals surface area contributed by atoms with Gasteiger partial charge in [0.1, 0.15) is 0 Å². The van der Waals surface area contributed by atoms with Crippen LogP contribution in [0.15, 0.2) is 17.7 Å². The highest BCUT2D eigenvalue weighted by Gasteiger charge is 2.11. The number of hydrogen-bond acceptors (Lipinski definition) is 2. The summed E-state index contributed by atoms with van der Waals surface area (Å²) < 4.78 is 6.80. The second-order valence-corrected chi connectivity index (χ2v) is 4.73. The van der Waals surface area contributed by atoms with E-state index in [1.165, 1.54) is 35.7 Å². The molecule has 0 aliphatic heterocycles. The molecule has 3 nitrogen and oxygen atoms in total. The first-order valence-electron chi connectivity index (χ1n) is 6.51. The summed E-state index contributed by atoms with van der Waals surface area (Å²) in [6.45, 7) is 8.34. The van der Waals surface area contributed by atoms with Crippen LogP contribution < -0.4 is 0 Å². The summed E-state index contributed by atoms with van der Waals surface area (Å²) in [5.41, 5.74) is 6.07. The number of esters is 1. The number of hydrogen-bond donors (Lipinski definition) is 0. The molecule has 0 aliphatic rings. The number of ether oxygens (including phenoxy) is 1. The van der Waals surface area contributed by atoms with Crippen molar-refractivity contribution in [2.45, 2.75) is 34.1 Å². The van der Waals surface area contributed by atoms with E-state index < -0.39 is 0 Å². The van der Waals surface area contributed by atoms with Gasteiger partial charge in [-0.1, -0.05) is 13.0 Å². The van der Waals surface area contributed by atoms with Crippen LogP contribution in [0.1, 0.15) is 36.4 Å². The maximum Gasteiger partial charge on any atom is 0.330 e. The minimum Gasteiger partial charge on any atom is -0.466 e. The zero-order valence-electron chi connectivity index (χ0n) is 12.7. The van der Waals surface area contributed by atoms with Gasteiger partial charge >= 0.3 is 5.97 Å². The lowest BCUT2D eigenvalue weighted by atomic mass is 10.1. The van der Waals surface area contributed by atoms with Crippen molar-refractivity contribution < 1.29 is 9.53 Å². The minimum absolute atomic E-state index is 0.323. The van der Waals surface area contributed by atoms with Crippen molar-refractivity contribution in [1.82, 2.24) is 4.57 Å². The Hall–Kier alpha value is -1.77. The van der Waals surface area contributed by atoms with Crippen molar-refractivity contribution in [3.63, 3.8) is 0 Å². The van der Waals surface area contributed by atoms with E-state index in [9.17, 15) is 4.79 Å². The predicted molar refractivity (Wildman–Crippen MR) is 79.1 cm³/mol. The Balaban J connectivity index is 3.07. The first kappa shape index (κ1) is 15.3. The Labute approximate surface area is 115 Å². The van der Waals surface area contributed by atoms with Gasteiger partial charge in [0, 0.05) is 24.5 Å². The average Bonchev–Trinajstić information content (AvgIpc) is 2.58. The minimum atomic E-state index is -0.323. The summed E-state index contributed by atoms with van der Waals surface area (Å²) in [5, 5.41) is 0. The lowest BCUT2D eigenvalue weighted by Gasteiger charge is -2.01. The van der Waals surface area contributed by atoms with Crippen molar-refractivity contribution in [2.75, 3.05) is 7.11 Å². The molecular weight excluding hydrogens is 238 g/mol. The van der Waals surface area contributed by atoms with Gasteiger partial charge in [-0.05, 0) is 50.0 Å². The highest BCUT2D eigenvalue weighted by atomic mass is 16.5. The van der Waals surface area contributed by atoms with E-state index in [4.69, 9.17) is 0 Å². The van der Waals surface area contributed by atoms with Gasteiger partial charge in [-0.2, -0.15) is 0 Å². The first-order chi connectivity index (χ1) is 8.92. The molecule has 1 heterocycles. The third kappa shape index (κ3) is 3.37. The molecule has 0 aliphatic carbocycles. The Morgan fingerprint density at radius 1 is 1.37 bits per heavy atom. The quantitative estimate of drug-likeness (QED) is 0.473. The van der Waals surface area contributed by atoms with Gasteiger partial charge in [0.05, 0.1) is 7.11 Å². The normalized spacial score (nSPS) is 12.2. The molecule has 0 radical (unpaired) electrons. The number of carbonyl (C=O) groups is 1. The lowest BCUT2D eigenvalue weighted by Crippen LogP contribution is -1.96. The van der Waals surface area contributed by atoms with Crippen LogP contribution in [0.4, 0.5) is 0 Å². The van der Waals surface area contributed by atoms with E-state index in [0.717, 1.165) is 12.0 Å². The van der Waals surface area contributed by atoms with Crippen LogP contribution >= 0.6 is 0 Å². The van der Waals surface area contributed by atoms with Crippen molar-refractivity contribution in [2.24, 2.45) is 7.05 Å². The molecule has 0 N–H and O–H groups in total. The molecule has 0 unspecified atom stereocenters. The van der Waals surface area contributed by atoms with Crippen LogP contribution in [0.3, 0.4) is 0 Å². The predicted octanol–water partition coefficient (Wildman–Crippen LogP) is 3.34. The maximum atomic E-state index is 11.1. The molecular formula is C16H23NO2. The summed E-state index contributed by atoms with van der Waals surface area (Å²) in [4.78, 5) is 11.1. The van der Waals surface area contributed by atoms with Crippen LogP contribution in [0.5, 0.6) is 0 Å². The summed E-state index contributed by atoms with van der Waals surface area (Å²) in [7, 11) is 3.45. The van der Waals surface area contributed by atoms with Crippen LogP contribution in [0.25, 0.3) is 6.08 Å². The highest BCUT2D eigenvalue weighted by Crippen LogP contribution is 2.23. The zero-order chi connectivity index (χ0) is 14.6. The molecule has 0 saturated carbocycles. The molecule has 0 atom stereocenters. The number of nitrogens with zero attached hydrogens (tertiary/aromatic N) is 1. The molecule has 19 heavy (non-hydrogen) atoms. The van der Waals surface area contributed by atoms with Crippen molar-refractivity contribution in [3.05, 3.63) is 40.2 Å². The van der Waals surface area contributed by atoms with E-state index in [1.807, 2.05) is 13.0 Å². The van der Waals surface area contributed by atoms with Crippen molar-refractivity contribution in [1.29, 1.82) is 0 Å². The molecule has 0 fully saturated rings. The smallest absolute Gasteiger partial charge is 0.330 e. The Bertz CT molecular complexity index is 533. The third-order valence-corrected chi connectivity index (χ3v) is 3.54. The monoisotopic (exact) mass is 261 g/mol. The zero-order valence-corrected chi connectivity index (χ0v) is 12.7. The molecule has 0 spiro atoms.